The highest BCUT2D eigenvalue weighted by atomic mass is 16.5. The summed E-state index contributed by atoms with van der Waals surface area (Å²) in [5.74, 6) is 0.720. The second-order valence-electron chi connectivity index (χ2n) is 4.58. The molecule has 1 amide bonds. The average molecular weight is 259 g/mol. The summed E-state index contributed by atoms with van der Waals surface area (Å²) in [6.45, 7) is 1.42. The molecule has 5 nitrogen and oxygen atoms in total. The predicted molar refractivity (Wildman–Crippen MR) is 70.6 cm³/mol. The maximum absolute atomic E-state index is 11.1. The van der Waals surface area contributed by atoms with Gasteiger partial charge in [-0.2, -0.15) is 5.26 Å². The van der Waals surface area contributed by atoms with E-state index >= 15 is 0 Å². The van der Waals surface area contributed by atoms with Crippen LogP contribution >= 0.6 is 0 Å². The van der Waals surface area contributed by atoms with Crippen LogP contribution in [0.25, 0.3) is 0 Å². The lowest BCUT2D eigenvalue weighted by Gasteiger charge is -2.12. The number of ether oxygens (including phenoxy) is 1. The van der Waals surface area contributed by atoms with Gasteiger partial charge in [0.05, 0.1) is 12.7 Å². The minimum Gasteiger partial charge on any atom is -0.495 e. The van der Waals surface area contributed by atoms with Crippen LogP contribution in [-0.4, -0.2) is 25.6 Å². The van der Waals surface area contributed by atoms with E-state index in [0.29, 0.717) is 24.3 Å². The fourth-order valence-corrected chi connectivity index (χ4v) is 2.17. The molecule has 1 aromatic carbocycles. The molecule has 2 rings (SSSR count). The van der Waals surface area contributed by atoms with Crippen molar-refractivity contribution in [1.82, 2.24) is 10.6 Å². The third-order valence-electron chi connectivity index (χ3n) is 3.19. The van der Waals surface area contributed by atoms with E-state index in [1.165, 1.54) is 0 Å². The van der Waals surface area contributed by atoms with Crippen LogP contribution in [0.2, 0.25) is 0 Å². The van der Waals surface area contributed by atoms with Gasteiger partial charge in [-0.1, -0.05) is 6.07 Å². The highest BCUT2D eigenvalue weighted by Gasteiger charge is 2.19. The van der Waals surface area contributed by atoms with E-state index in [4.69, 9.17) is 10.00 Å². The molecule has 0 bridgehead atoms. The first-order valence-corrected chi connectivity index (χ1v) is 6.30. The first kappa shape index (κ1) is 13.4. The number of benzene rings is 1. The normalized spacial score (nSPS) is 17.9. The monoisotopic (exact) mass is 259 g/mol. The fourth-order valence-electron chi connectivity index (χ4n) is 2.17. The molecule has 100 valence electrons. The summed E-state index contributed by atoms with van der Waals surface area (Å²) >= 11 is 0. The summed E-state index contributed by atoms with van der Waals surface area (Å²) in [5.41, 5.74) is 1.57. The number of nitrogens with one attached hydrogen (secondary N) is 2. The van der Waals surface area contributed by atoms with E-state index in [-0.39, 0.29) is 11.9 Å². The van der Waals surface area contributed by atoms with Crippen molar-refractivity contribution in [3.8, 4) is 11.8 Å². The zero-order valence-corrected chi connectivity index (χ0v) is 10.9. The number of hydrogen-bond acceptors (Lipinski definition) is 4. The zero-order valence-electron chi connectivity index (χ0n) is 10.9. The van der Waals surface area contributed by atoms with Gasteiger partial charge >= 0.3 is 0 Å². The van der Waals surface area contributed by atoms with Crippen LogP contribution in [0, 0.1) is 11.3 Å². The second kappa shape index (κ2) is 6.21. The lowest BCUT2D eigenvalue weighted by molar-refractivity contribution is -0.119. The van der Waals surface area contributed by atoms with Crippen molar-refractivity contribution in [2.24, 2.45) is 0 Å². The number of carbonyl (C=O) groups excluding carboxylic acids is 1. The van der Waals surface area contributed by atoms with Crippen LogP contribution in [0.15, 0.2) is 18.2 Å². The SMILES string of the molecule is COc1ccc(CNCC2CCC(=O)N2)cc1C#N. The summed E-state index contributed by atoms with van der Waals surface area (Å²) < 4.78 is 5.10. The summed E-state index contributed by atoms with van der Waals surface area (Å²) in [6, 6.07) is 7.89. The van der Waals surface area contributed by atoms with Gasteiger partial charge in [0.1, 0.15) is 11.8 Å². The van der Waals surface area contributed by atoms with Gasteiger partial charge in [0.2, 0.25) is 5.91 Å². The molecule has 1 heterocycles. The molecule has 1 atom stereocenters. The smallest absolute Gasteiger partial charge is 0.220 e. The number of methoxy groups -OCH3 is 1. The molecule has 1 aliphatic rings. The van der Waals surface area contributed by atoms with Crippen LogP contribution in [0.4, 0.5) is 0 Å². The molecule has 1 unspecified atom stereocenters. The van der Waals surface area contributed by atoms with Crippen molar-refractivity contribution in [3.63, 3.8) is 0 Å². The number of hydrogen-bond donors (Lipinski definition) is 2. The molecule has 0 aromatic heterocycles. The maximum atomic E-state index is 11.1. The minimum atomic E-state index is 0.128. The van der Waals surface area contributed by atoms with Gasteiger partial charge in [0.15, 0.2) is 0 Å². The van der Waals surface area contributed by atoms with E-state index in [1.807, 2.05) is 12.1 Å². The molecule has 0 aliphatic carbocycles. The Morgan fingerprint density at radius 2 is 2.42 bits per heavy atom. The zero-order chi connectivity index (χ0) is 13.7. The number of rotatable bonds is 5. The molecule has 1 aromatic rings. The number of amides is 1. The van der Waals surface area contributed by atoms with Gasteiger partial charge in [-0.05, 0) is 24.1 Å². The number of nitrogens with zero attached hydrogens (tertiary/aromatic N) is 1. The van der Waals surface area contributed by atoms with Crippen LogP contribution < -0.4 is 15.4 Å². The Bertz CT molecular complexity index is 508. The van der Waals surface area contributed by atoms with Gasteiger partial charge in [0, 0.05) is 25.6 Å². The van der Waals surface area contributed by atoms with Crippen LogP contribution in [0.5, 0.6) is 5.75 Å². The van der Waals surface area contributed by atoms with E-state index in [1.54, 1.807) is 13.2 Å². The first-order valence-electron chi connectivity index (χ1n) is 6.30. The van der Waals surface area contributed by atoms with Crippen molar-refractivity contribution < 1.29 is 9.53 Å². The highest BCUT2D eigenvalue weighted by molar-refractivity contribution is 5.78. The number of nitriles is 1. The van der Waals surface area contributed by atoms with Gasteiger partial charge in [-0.15, -0.1) is 0 Å². The summed E-state index contributed by atoms with van der Waals surface area (Å²) in [5, 5.41) is 15.2. The van der Waals surface area contributed by atoms with Crippen molar-refractivity contribution in [2.75, 3.05) is 13.7 Å². The summed E-state index contributed by atoms with van der Waals surface area (Å²) in [6.07, 6.45) is 1.51. The van der Waals surface area contributed by atoms with E-state index < -0.39 is 0 Å². The molecular formula is C14H17N3O2. The molecule has 0 saturated carbocycles. The Kier molecular flexibility index (Phi) is 4.37. The Hall–Kier alpha value is -2.06. The Morgan fingerprint density at radius 1 is 1.58 bits per heavy atom. The lowest BCUT2D eigenvalue weighted by Crippen LogP contribution is -2.35. The lowest BCUT2D eigenvalue weighted by atomic mass is 10.1. The van der Waals surface area contributed by atoms with Crippen molar-refractivity contribution in [3.05, 3.63) is 29.3 Å². The third-order valence-corrected chi connectivity index (χ3v) is 3.19. The molecule has 0 radical (unpaired) electrons. The maximum Gasteiger partial charge on any atom is 0.220 e. The van der Waals surface area contributed by atoms with Crippen molar-refractivity contribution >= 4 is 5.91 Å². The molecule has 1 fully saturated rings. The second-order valence-corrected chi connectivity index (χ2v) is 4.58. The van der Waals surface area contributed by atoms with Gasteiger partial charge in [-0.3, -0.25) is 4.79 Å². The molecule has 19 heavy (non-hydrogen) atoms. The molecule has 2 N–H and O–H groups in total. The summed E-state index contributed by atoms with van der Waals surface area (Å²) in [7, 11) is 1.55. The predicted octanol–water partition coefficient (Wildman–Crippen LogP) is 0.935. The quantitative estimate of drug-likeness (QED) is 0.825. The molecular weight excluding hydrogens is 242 g/mol. The first-order chi connectivity index (χ1) is 9.22. The van der Waals surface area contributed by atoms with Crippen LogP contribution in [-0.2, 0) is 11.3 Å². The van der Waals surface area contributed by atoms with Gasteiger partial charge < -0.3 is 15.4 Å². The van der Waals surface area contributed by atoms with Crippen molar-refractivity contribution in [2.45, 2.75) is 25.4 Å². The Morgan fingerprint density at radius 3 is 3.05 bits per heavy atom. The minimum absolute atomic E-state index is 0.128. The number of carbonyl (C=O) groups is 1. The van der Waals surface area contributed by atoms with Crippen LogP contribution in [0.3, 0.4) is 0 Å². The van der Waals surface area contributed by atoms with E-state index in [0.717, 1.165) is 18.5 Å². The Balaban J connectivity index is 1.86. The van der Waals surface area contributed by atoms with Gasteiger partial charge in [-0.25, -0.2) is 0 Å². The topological polar surface area (TPSA) is 74.2 Å². The third kappa shape index (κ3) is 3.46. The molecule has 1 saturated heterocycles. The van der Waals surface area contributed by atoms with E-state index in [2.05, 4.69) is 16.7 Å². The molecule has 1 aliphatic heterocycles. The average Bonchev–Trinajstić information content (AvgIpc) is 2.84. The summed E-state index contributed by atoms with van der Waals surface area (Å²) in [4.78, 5) is 11.1. The largest absolute Gasteiger partial charge is 0.495 e. The highest BCUT2D eigenvalue weighted by Crippen LogP contribution is 2.18. The molecule has 5 heteroatoms. The van der Waals surface area contributed by atoms with Gasteiger partial charge in [0.25, 0.3) is 0 Å². The van der Waals surface area contributed by atoms with E-state index in [9.17, 15) is 4.79 Å². The molecule has 0 spiro atoms. The fraction of sp³-hybridized carbons (Fsp3) is 0.429. The van der Waals surface area contributed by atoms with Crippen LogP contribution in [0.1, 0.15) is 24.0 Å². The standard InChI is InChI=1S/C14H17N3O2/c1-19-13-4-2-10(6-11(13)7-15)8-16-9-12-3-5-14(18)17-12/h2,4,6,12,16H,3,5,8-9H2,1H3,(H,17,18). The van der Waals surface area contributed by atoms with Crippen molar-refractivity contribution in [1.29, 1.82) is 5.26 Å². The Labute approximate surface area is 112 Å².